The standard InChI is InChI=1S/C12H16FN3O5/c1-4(2)6(17)9-7(18)8(19)11(21-9)16-3-5(13)10(14)15-12(16)20/h3,7-9,11,17-19H,1-2H3,(H2,14,15,20)/t7-,8+,9+,11+/m0/s1. The second-order valence-electron chi connectivity index (χ2n) is 4.98. The number of anilines is 1. The Hall–Kier alpha value is -1.97. The molecular formula is C12H16FN3O5. The second kappa shape index (κ2) is 5.43. The van der Waals surface area contributed by atoms with Crippen LogP contribution >= 0.6 is 0 Å². The molecule has 21 heavy (non-hydrogen) atoms. The zero-order chi connectivity index (χ0) is 15.9. The highest BCUT2D eigenvalue weighted by Crippen LogP contribution is 2.32. The minimum atomic E-state index is -1.54. The second-order valence-corrected chi connectivity index (χ2v) is 4.98. The van der Waals surface area contributed by atoms with Gasteiger partial charge in [0, 0.05) is 0 Å². The average Bonchev–Trinajstić information content (AvgIpc) is 2.70. The van der Waals surface area contributed by atoms with Crippen LogP contribution in [0.4, 0.5) is 10.2 Å². The van der Waals surface area contributed by atoms with Crippen molar-refractivity contribution in [3.8, 4) is 0 Å². The van der Waals surface area contributed by atoms with Gasteiger partial charge in [-0.05, 0) is 19.4 Å². The van der Waals surface area contributed by atoms with E-state index < -0.39 is 41.9 Å². The van der Waals surface area contributed by atoms with Gasteiger partial charge in [0.15, 0.2) is 17.9 Å². The van der Waals surface area contributed by atoms with Gasteiger partial charge in [-0.3, -0.25) is 4.57 Å². The first-order valence-corrected chi connectivity index (χ1v) is 6.16. The molecule has 1 aromatic heterocycles. The first kappa shape index (κ1) is 15.4. The number of hydrogen-bond acceptors (Lipinski definition) is 7. The third-order valence-corrected chi connectivity index (χ3v) is 3.23. The van der Waals surface area contributed by atoms with E-state index in [9.17, 15) is 24.5 Å². The number of nitrogens with zero attached hydrogens (tertiary/aromatic N) is 2. The van der Waals surface area contributed by atoms with E-state index >= 15 is 0 Å². The van der Waals surface area contributed by atoms with Gasteiger partial charge in [0.05, 0.1) is 6.20 Å². The van der Waals surface area contributed by atoms with Crippen molar-refractivity contribution in [3.05, 3.63) is 33.8 Å². The van der Waals surface area contributed by atoms with E-state index in [0.29, 0.717) is 10.1 Å². The third-order valence-electron chi connectivity index (χ3n) is 3.23. The molecule has 1 aromatic rings. The molecule has 9 heteroatoms. The minimum Gasteiger partial charge on any atom is -0.510 e. The highest BCUT2D eigenvalue weighted by molar-refractivity contribution is 5.26. The molecule has 2 heterocycles. The number of halogens is 1. The molecule has 0 aromatic carbocycles. The van der Waals surface area contributed by atoms with Crippen molar-refractivity contribution >= 4 is 5.82 Å². The molecule has 1 fully saturated rings. The zero-order valence-corrected chi connectivity index (χ0v) is 11.4. The van der Waals surface area contributed by atoms with Crippen molar-refractivity contribution in [2.75, 3.05) is 5.73 Å². The smallest absolute Gasteiger partial charge is 0.351 e. The predicted molar refractivity (Wildman–Crippen MR) is 69.8 cm³/mol. The molecule has 5 N–H and O–H groups in total. The van der Waals surface area contributed by atoms with E-state index in [4.69, 9.17) is 10.5 Å². The molecule has 0 spiro atoms. The molecule has 0 aliphatic carbocycles. The Bertz CT molecular complexity index is 640. The molecule has 8 nitrogen and oxygen atoms in total. The highest BCUT2D eigenvalue weighted by Gasteiger charge is 2.46. The maximum absolute atomic E-state index is 13.4. The van der Waals surface area contributed by atoms with Gasteiger partial charge in [0.1, 0.15) is 24.1 Å². The molecule has 0 saturated carbocycles. The Balaban J connectivity index is 2.41. The van der Waals surface area contributed by atoms with Gasteiger partial charge in [-0.2, -0.15) is 4.98 Å². The molecular weight excluding hydrogens is 285 g/mol. The molecule has 4 atom stereocenters. The summed E-state index contributed by atoms with van der Waals surface area (Å²) in [5, 5.41) is 29.7. The topological polar surface area (TPSA) is 131 Å². The maximum atomic E-state index is 13.4. The summed E-state index contributed by atoms with van der Waals surface area (Å²) in [6.45, 7) is 3.17. The lowest BCUT2D eigenvalue weighted by Gasteiger charge is -2.17. The van der Waals surface area contributed by atoms with Gasteiger partial charge >= 0.3 is 5.69 Å². The van der Waals surface area contributed by atoms with Crippen molar-refractivity contribution < 1.29 is 24.4 Å². The number of aliphatic hydroxyl groups is 3. The first-order chi connectivity index (χ1) is 9.73. The van der Waals surface area contributed by atoms with E-state index in [2.05, 4.69) is 4.98 Å². The number of ether oxygens (including phenoxy) is 1. The number of rotatable bonds is 2. The van der Waals surface area contributed by atoms with Crippen LogP contribution < -0.4 is 11.4 Å². The highest BCUT2D eigenvalue weighted by atomic mass is 19.1. The monoisotopic (exact) mass is 301 g/mol. The molecule has 0 radical (unpaired) electrons. The molecule has 0 unspecified atom stereocenters. The lowest BCUT2D eigenvalue weighted by Crippen LogP contribution is -2.36. The third kappa shape index (κ3) is 2.62. The van der Waals surface area contributed by atoms with Crippen molar-refractivity contribution in [1.29, 1.82) is 0 Å². The molecule has 0 amide bonds. The van der Waals surface area contributed by atoms with E-state index in [1.54, 1.807) is 13.8 Å². The first-order valence-electron chi connectivity index (χ1n) is 6.16. The summed E-state index contributed by atoms with van der Waals surface area (Å²) in [6.07, 6.45) is -4.90. The van der Waals surface area contributed by atoms with Crippen LogP contribution in [-0.4, -0.2) is 43.2 Å². The lowest BCUT2D eigenvalue weighted by molar-refractivity contribution is -0.0397. The van der Waals surface area contributed by atoms with Crippen LogP contribution in [0.5, 0.6) is 0 Å². The Morgan fingerprint density at radius 3 is 2.62 bits per heavy atom. The van der Waals surface area contributed by atoms with Gasteiger partial charge in [-0.15, -0.1) is 0 Å². The van der Waals surface area contributed by atoms with Crippen LogP contribution in [0.25, 0.3) is 0 Å². The van der Waals surface area contributed by atoms with Crippen molar-refractivity contribution in [2.45, 2.75) is 38.4 Å². The van der Waals surface area contributed by atoms with Gasteiger partial charge in [0.2, 0.25) is 0 Å². The summed E-state index contributed by atoms with van der Waals surface area (Å²) in [5.41, 5.74) is 4.70. The van der Waals surface area contributed by atoms with Crippen molar-refractivity contribution in [2.24, 2.45) is 0 Å². The summed E-state index contributed by atoms with van der Waals surface area (Å²) < 4.78 is 19.4. The number of nitrogens with two attached hydrogens (primary N) is 1. The van der Waals surface area contributed by atoms with Crippen LogP contribution in [0.1, 0.15) is 20.1 Å². The Morgan fingerprint density at radius 2 is 2.05 bits per heavy atom. The molecule has 1 aliphatic heterocycles. The van der Waals surface area contributed by atoms with Crippen LogP contribution in [0.15, 0.2) is 22.3 Å². The SMILES string of the molecule is CC(C)=C(O)[C@H]1O[C@@H](n2cc(F)c(N)nc2=O)[C@H](O)[C@@H]1O. The van der Waals surface area contributed by atoms with Crippen LogP contribution in [0, 0.1) is 5.82 Å². The summed E-state index contributed by atoms with van der Waals surface area (Å²) in [7, 11) is 0. The van der Waals surface area contributed by atoms with E-state index in [1.165, 1.54) is 0 Å². The maximum Gasteiger partial charge on any atom is 0.351 e. The van der Waals surface area contributed by atoms with E-state index in [1.807, 2.05) is 0 Å². The van der Waals surface area contributed by atoms with Gasteiger partial charge < -0.3 is 25.8 Å². The number of nitrogen functional groups attached to an aromatic ring is 1. The summed E-state index contributed by atoms with van der Waals surface area (Å²) in [5.74, 6) is -1.80. The quantitative estimate of drug-likeness (QED) is 0.538. The van der Waals surface area contributed by atoms with Gasteiger partial charge in [-0.1, -0.05) is 0 Å². The molecule has 1 saturated heterocycles. The van der Waals surface area contributed by atoms with E-state index in [0.717, 1.165) is 6.20 Å². The number of allylic oxidation sites excluding steroid dienone is 1. The fourth-order valence-corrected chi connectivity index (χ4v) is 2.04. The molecule has 2 rings (SSSR count). The van der Waals surface area contributed by atoms with Crippen LogP contribution in [0.3, 0.4) is 0 Å². The molecule has 1 aliphatic rings. The zero-order valence-electron chi connectivity index (χ0n) is 11.4. The fraction of sp³-hybridized carbons (Fsp3) is 0.500. The minimum absolute atomic E-state index is 0.263. The molecule has 0 bridgehead atoms. The Morgan fingerprint density at radius 1 is 1.43 bits per heavy atom. The normalized spacial score (nSPS) is 28.6. The fourth-order valence-electron chi connectivity index (χ4n) is 2.04. The molecule has 116 valence electrons. The largest absolute Gasteiger partial charge is 0.510 e. The van der Waals surface area contributed by atoms with E-state index in [-0.39, 0.29) is 5.76 Å². The average molecular weight is 301 g/mol. The van der Waals surface area contributed by atoms with Crippen LogP contribution in [-0.2, 0) is 4.74 Å². The summed E-state index contributed by atoms with van der Waals surface area (Å²) >= 11 is 0. The number of hydrogen-bond donors (Lipinski definition) is 4. The van der Waals surface area contributed by atoms with Crippen molar-refractivity contribution in [3.63, 3.8) is 0 Å². The number of aliphatic hydroxyl groups excluding tert-OH is 3. The number of aromatic nitrogens is 2. The summed E-state index contributed by atoms with van der Waals surface area (Å²) in [4.78, 5) is 14.9. The Labute approximate surface area is 118 Å². The van der Waals surface area contributed by atoms with Gasteiger partial charge in [-0.25, -0.2) is 9.18 Å². The Kier molecular flexibility index (Phi) is 3.99. The van der Waals surface area contributed by atoms with Crippen LogP contribution in [0.2, 0.25) is 0 Å². The summed E-state index contributed by atoms with van der Waals surface area (Å²) in [6, 6.07) is 0. The lowest BCUT2D eigenvalue weighted by atomic mass is 10.1. The predicted octanol–water partition coefficient (Wildman–Crippen LogP) is -0.564. The van der Waals surface area contributed by atoms with Crippen molar-refractivity contribution in [1.82, 2.24) is 9.55 Å². The van der Waals surface area contributed by atoms with Gasteiger partial charge in [0.25, 0.3) is 0 Å².